The number of hydrogen-bond donors (Lipinski definition) is 0. The molecular weight excluding hydrogens is 216 g/mol. The van der Waals surface area contributed by atoms with Gasteiger partial charge in [0, 0.05) is 16.1 Å². The molecular formula is C14H16OS. The van der Waals surface area contributed by atoms with E-state index in [0.717, 1.165) is 25.0 Å². The van der Waals surface area contributed by atoms with E-state index in [-0.39, 0.29) is 5.41 Å². The van der Waals surface area contributed by atoms with Crippen molar-refractivity contribution < 1.29 is 4.79 Å². The summed E-state index contributed by atoms with van der Waals surface area (Å²) in [6.07, 6.45) is 3.31. The average molecular weight is 232 g/mol. The molecule has 2 heteroatoms. The van der Waals surface area contributed by atoms with Gasteiger partial charge in [-0.2, -0.15) is 0 Å². The Labute approximate surface area is 101 Å². The first-order chi connectivity index (χ1) is 7.71. The quantitative estimate of drug-likeness (QED) is 0.791. The van der Waals surface area contributed by atoms with E-state index in [0.29, 0.717) is 11.7 Å². The van der Waals surface area contributed by atoms with Crippen LogP contribution in [0.2, 0.25) is 0 Å². The predicted molar refractivity (Wildman–Crippen MR) is 66.9 cm³/mol. The van der Waals surface area contributed by atoms with Crippen molar-refractivity contribution in [1.82, 2.24) is 0 Å². The molecule has 0 aromatic heterocycles. The molecule has 1 aromatic carbocycles. The van der Waals surface area contributed by atoms with Gasteiger partial charge in [-0.25, -0.2) is 0 Å². The van der Waals surface area contributed by atoms with Crippen LogP contribution in [0.15, 0.2) is 29.2 Å². The maximum Gasteiger partial charge on any atom is 0.135 e. The average Bonchev–Trinajstić information content (AvgIpc) is 2.96. The number of fused-ring (bicyclic) bond motifs is 1. The number of benzene rings is 1. The lowest BCUT2D eigenvalue weighted by Gasteiger charge is -2.17. The van der Waals surface area contributed by atoms with Crippen LogP contribution in [0.25, 0.3) is 0 Å². The molecule has 84 valence electrons. The largest absolute Gasteiger partial charge is 0.299 e. The molecule has 16 heavy (non-hydrogen) atoms. The smallest absolute Gasteiger partial charge is 0.135 e. The van der Waals surface area contributed by atoms with Crippen LogP contribution in [0, 0.1) is 5.41 Å². The van der Waals surface area contributed by atoms with Crippen LogP contribution in [0.5, 0.6) is 0 Å². The first-order valence-electron chi connectivity index (χ1n) is 5.94. The van der Waals surface area contributed by atoms with Crippen molar-refractivity contribution in [1.29, 1.82) is 0 Å². The molecule has 1 nitrogen and oxygen atoms in total. The van der Waals surface area contributed by atoms with Gasteiger partial charge >= 0.3 is 0 Å². The fraction of sp³-hybridized carbons (Fsp3) is 0.500. The molecule has 0 radical (unpaired) electrons. The summed E-state index contributed by atoms with van der Waals surface area (Å²) >= 11 is 1.94. The van der Waals surface area contributed by atoms with Crippen molar-refractivity contribution >= 4 is 17.5 Å². The number of carbonyl (C=O) groups is 1. The molecule has 3 rings (SSSR count). The second kappa shape index (κ2) is 3.63. The van der Waals surface area contributed by atoms with Crippen molar-refractivity contribution in [3.8, 4) is 0 Å². The lowest BCUT2D eigenvalue weighted by atomic mass is 9.86. The number of Topliss-reactive ketones (excluding diaryl/α,β-unsaturated/α-hetero) is 1. The Morgan fingerprint density at radius 2 is 2.19 bits per heavy atom. The van der Waals surface area contributed by atoms with Gasteiger partial charge in [-0.1, -0.05) is 18.2 Å². The van der Waals surface area contributed by atoms with Gasteiger partial charge in [-0.3, -0.25) is 4.79 Å². The summed E-state index contributed by atoms with van der Waals surface area (Å²) in [5.74, 6) is 2.17. The molecule has 1 heterocycles. The summed E-state index contributed by atoms with van der Waals surface area (Å²) in [5.41, 5.74) is 1.53. The van der Waals surface area contributed by atoms with Crippen LogP contribution in [0.4, 0.5) is 0 Å². The molecule has 1 aromatic rings. The highest BCUT2D eigenvalue weighted by molar-refractivity contribution is 7.99. The van der Waals surface area contributed by atoms with Gasteiger partial charge in [-0.15, -0.1) is 11.8 Å². The van der Waals surface area contributed by atoms with E-state index in [4.69, 9.17) is 0 Å². The summed E-state index contributed by atoms with van der Waals surface area (Å²) in [6.45, 7) is 1.76. The van der Waals surface area contributed by atoms with Gasteiger partial charge < -0.3 is 0 Å². The predicted octanol–water partition coefficient (Wildman–Crippen LogP) is 3.64. The van der Waals surface area contributed by atoms with Crippen LogP contribution in [0.1, 0.15) is 37.7 Å². The Bertz CT molecular complexity index is 434. The van der Waals surface area contributed by atoms with Crippen molar-refractivity contribution in [3.05, 3.63) is 29.8 Å². The summed E-state index contributed by atoms with van der Waals surface area (Å²) in [4.78, 5) is 13.0. The Kier molecular flexibility index (Phi) is 2.36. The maximum atomic E-state index is 11.6. The fourth-order valence-electron chi connectivity index (χ4n) is 2.72. The van der Waals surface area contributed by atoms with Gasteiger partial charge in [0.25, 0.3) is 0 Å². The second-order valence-electron chi connectivity index (χ2n) is 5.09. The Morgan fingerprint density at radius 1 is 1.44 bits per heavy atom. The SMILES string of the molecule is CC(=O)C1(CC2CSc3ccccc32)CC1. The third kappa shape index (κ3) is 1.60. The van der Waals surface area contributed by atoms with Crippen LogP contribution < -0.4 is 0 Å². The first-order valence-corrected chi connectivity index (χ1v) is 6.93. The van der Waals surface area contributed by atoms with E-state index in [1.165, 1.54) is 10.5 Å². The van der Waals surface area contributed by atoms with Gasteiger partial charge in [0.2, 0.25) is 0 Å². The molecule has 1 aliphatic heterocycles. The number of rotatable bonds is 3. The van der Waals surface area contributed by atoms with Crippen LogP contribution in [-0.2, 0) is 4.79 Å². The molecule has 1 unspecified atom stereocenters. The summed E-state index contributed by atoms with van der Waals surface area (Å²) in [7, 11) is 0. The van der Waals surface area contributed by atoms with Crippen LogP contribution in [-0.4, -0.2) is 11.5 Å². The molecule has 0 spiro atoms. The molecule has 1 aliphatic carbocycles. The number of ketones is 1. The van der Waals surface area contributed by atoms with Gasteiger partial charge in [0.1, 0.15) is 5.78 Å². The van der Waals surface area contributed by atoms with E-state index in [1.807, 2.05) is 11.8 Å². The minimum Gasteiger partial charge on any atom is -0.299 e. The Morgan fingerprint density at radius 3 is 2.88 bits per heavy atom. The van der Waals surface area contributed by atoms with E-state index in [2.05, 4.69) is 24.3 Å². The van der Waals surface area contributed by atoms with E-state index in [9.17, 15) is 4.79 Å². The van der Waals surface area contributed by atoms with Gasteiger partial charge in [-0.05, 0) is 43.7 Å². The number of hydrogen-bond acceptors (Lipinski definition) is 2. The topological polar surface area (TPSA) is 17.1 Å². The zero-order chi connectivity index (χ0) is 11.2. The van der Waals surface area contributed by atoms with Crippen molar-refractivity contribution in [2.45, 2.75) is 37.0 Å². The highest BCUT2D eigenvalue weighted by Crippen LogP contribution is 2.55. The Hall–Kier alpha value is -0.760. The molecule has 1 saturated carbocycles. The zero-order valence-electron chi connectivity index (χ0n) is 9.53. The van der Waals surface area contributed by atoms with Crippen LogP contribution >= 0.6 is 11.8 Å². The lowest BCUT2D eigenvalue weighted by molar-refractivity contribution is -0.122. The molecule has 1 fully saturated rings. The maximum absolute atomic E-state index is 11.6. The number of carbonyl (C=O) groups excluding carboxylic acids is 1. The zero-order valence-corrected chi connectivity index (χ0v) is 10.3. The highest BCUT2D eigenvalue weighted by Gasteiger charge is 2.49. The molecule has 0 saturated heterocycles. The first kappa shape index (κ1) is 10.4. The Balaban J connectivity index is 1.81. The summed E-state index contributed by atoms with van der Waals surface area (Å²) < 4.78 is 0. The molecule has 0 bridgehead atoms. The summed E-state index contributed by atoms with van der Waals surface area (Å²) in [5, 5.41) is 0. The highest BCUT2D eigenvalue weighted by atomic mass is 32.2. The van der Waals surface area contributed by atoms with E-state index < -0.39 is 0 Å². The molecule has 1 atom stereocenters. The van der Waals surface area contributed by atoms with E-state index in [1.54, 1.807) is 6.92 Å². The third-order valence-corrected chi connectivity index (χ3v) is 5.29. The minimum atomic E-state index is 0.0582. The standard InChI is InChI=1S/C14H16OS/c1-10(15)14(6-7-14)8-11-9-16-13-5-3-2-4-12(11)13/h2-5,11H,6-9H2,1H3. The lowest BCUT2D eigenvalue weighted by Crippen LogP contribution is -2.16. The van der Waals surface area contributed by atoms with Crippen molar-refractivity contribution in [2.24, 2.45) is 5.41 Å². The third-order valence-electron chi connectivity index (χ3n) is 4.04. The number of thioether (sulfide) groups is 1. The van der Waals surface area contributed by atoms with Gasteiger partial charge in [0.15, 0.2) is 0 Å². The van der Waals surface area contributed by atoms with Crippen molar-refractivity contribution in [2.75, 3.05) is 5.75 Å². The van der Waals surface area contributed by atoms with E-state index >= 15 is 0 Å². The van der Waals surface area contributed by atoms with Gasteiger partial charge in [0.05, 0.1) is 0 Å². The second-order valence-corrected chi connectivity index (χ2v) is 6.15. The molecule has 0 N–H and O–H groups in total. The summed E-state index contributed by atoms with van der Waals surface area (Å²) in [6, 6.07) is 8.65. The monoisotopic (exact) mass is 232 g/mol. The van der Waals surface area contributed by atoms with Crippen molar-refractivity contribution in [3.63, 3.8) is 0 Å². The normalized spacial score (nSPS) is 25.2. The fourth-order valence-corrected chi connectivity index (χ4v) is 3.98. The molecule has 2 aliphatic rings. The molecule has 0 amide bonds. The minimum absolute atomic E-state index is 0.0582. The van der Waals surface area contributed by atoms with Crippen LogP contribution in [0.3, 0.4) is 0 Å².